The maximum absolute atomic E-state index is 11.3. The monoisotopic (exact) mass is 338 g/mol. The molecule has 1 aliphatic rings. The van der Waals surface area contributed by atoms with E-state index in [9.17, 15) is 4.79 Å². The summed E-state index contributed by atoms with van der Waals surface area (Å²) in [4.78, 5) is 11.3. The molecule has 25 heavy (non-hydrogen) atoms. The molecule has 0 aliphatic heterocycles. The molecular formula is C23H30O2. The molecule has 1 atom stereocenters. The maximum atomic E-state index is 11.3. The van der Waals surface area contributed by atoms with Crippen molar-refractivity contribution in [3.8, 4) is 0 Å². The first-order valence-electron chi connectivity index (χ1n) is 9.44. The van der Waals surface area contributed by atoms with Crippen LogP contribution < -0.4 is 0 Å². The molecule has 1 aliphatic carbocycles. The topological polar surface area (TPSA) is 26.3 Å². The molecule has 2 heteroatoms. The Kier molecular flexibility index (Phi) is 7.72. The number of carbonyl (C=O) groups excluding carboxylic acids is 1. The standard InChI is InChI=1S/C12H16.C11H14O2/c1-9-5-3-8-12-10(2)6-4-7-11(9)12;1-2-3-9-13-11(12)10-7-5-4-6-8-10/h3,5,8,10H,4,6-7H2,1-2H3;4-8H,2-3,9H2,1H3. The van der Waals surface area contributed by atoms with Crippen LogP contribution in [-0.4, -0.2) is 12.6 Å². The fourth-order valence-corrected chi connectivity index (χ4v) is 3.24. The number of hydrogen-bond donors (Lipinski definition) is 0. The van der Waals surface area contributed by atoms with Gasteiger partial charge in [0, 0.05) is 0 Å². The Hall–Kier alpha value is -2.09. The van der Waals surface area contributed by atoms with Gasteiger partial charge in [0.15, 0.2) is 0 Å². The number of unbranched alkanes of at least 4 members (excludes halogenated alkanes) is 1. The van der Waals surface area contributed by atoms with Crippen LogP contribution in [0.2, 0.25) is 0 Å². The second kappa shape index (κ2) is 10.0. The molecule has 2 aromatic carbocycles. The Morgan fingerprint density at radius 1 is 1.12 bits per heavy atom. The molecule has 0 amide bonds. The lowest BCUT2D eigenvalue weighted by Gasteiger charge is -2.23. The summed E-state index contributed by atoms with van der Waals surface area (Å²) in [6.07, 6.45) is 6.02. The highest BCUT2D eigenvalue weighted by Crippen LogP contribution is 2.32. The lowest BCUT2D eigenvalue weighted by molar-refractivity contribution is 0.0500. The van der Waals surface area contributed by atoms with Crippen molar-refractivity contribution in [3.63, 3.8) is 0 Å². The predicted molar refractivity (Wildman–Crippen MR) is 104 cm³/mol. The zero-order valence-electron chi connectivity index (χ0n) is 15.8. The first kappa shape index (κ1) is 19.2. The quantitative estimate of drug-likeness (QED) is 0.499. The van der Waals surface area contributed by atoms with Gasteiger partial charge in [-0.25, -0.2) is 4.79 Å². The van der Waals surface area contributed by atoms with Crippen LogP contribution in [0.5, 0.6) is 0 Å². The number of esters is 1. The Labute approximate surface area is 152 Å². The Bertz CT molecular complexity index is 661. The van der Waals surface area contributed by atoms with Gasteiger partial charge in [0.1, 0.15) is 0 Å². The fraction of sp³-hybridized carbons (Fsp3) is 0.435. The van der Waals surface area contributed by atoms with Crippen molar-refractivity contribution in [2.75, 3.05) is 6.61 Å². The summed E-state index contributed by atoms with van der Waals surface area (Å²) in [5.74, 6) is 0.558. The summed E-state index contributed by atoms with van der Waals surface area (Å²) >= 11 is 0. The molecule has 0 aromatic heterocycles. The minimum absolute atomic E-state index is 0.228. The average Bonchev–Trinajstić information content (AvgIpc) is 2.64. The van der Waals surface area contributed by atoms with Gasteiger partial charge in [0.2, 0.25) is 0 Å². The summed E-state index contributed by atoms with van der Waals surface area (Å²) in [6, 6.07) is 15.8. The summed E-state index contributed by atoms with van der Waals surface area (Å²) in [6.45, 7) is 7.16. The molecule has 0 N–H and O–H groups in total. The fourth-order valence-electron chi connectivity index (χ4n) is 3.24. The average molecular weight is 338 g/mol. The molecule has 0 bridgehead atoms. The van der Waals surface area contributed by atoms with E-state index in [0.717, 1.165) is 18.8 Å². The van der Waals surface area contributed by atoms with Crippen molar-refractivity contribution in [2.24, 2.45) is 0 Å². The number of aryl methyl sites for hydroxylation is 1. The van der Waals surface area contributed by atoms with Crippen molar-refractivity contribution < 1.29 is 9.53 Å². The molecule has 0 radical (unpaired) electrons. The SMILES string of the molecule is CCCCOC(=O)c1ccccc1.Cc1cccc2c1CCCC2C. The molecule has 0 spiro atoms. The first-order chi connectivity index (χ1) is 12.1. The molecule has 0 saturated heterocycles. The molecule has 2 nitrogen and oxygen atoms in total. The number of benzene rings is 2. The molecule has 0 saturated carbocycles. The Balaban J connectivity index is 0.000000181. The molecule has 2 aromatic rings. The second-order valence-corrected chi connectivity index (χ2v) is 6.79. The van der Waals surface area contributed by atoms with Crippen LogP contribution in [0.1, 0.15) is 72.5 Å². The molecule has 1 unspecified atom stereocenters. The number of fused-ring (bicyclic) bond motifs is 1. The maximum Gasteiger partial charge on any atom is 0.338 e. The summed E-state index contributed by atoms with van der Waals surface area (Å²) in [7, 11) is 0. The summed E-state index contributed by atoms with van der Waals surface area (Å²) in [5, 5.41) is 0. The van der Waals surface area contributed by atoms with Gasteiger partial charge in [-0.15, -0.1) is 0 Å². The normalized spacial score (nSPS) is 15.6. The number of ether oxygens (including phenoxy) is 1. The van der Waals surface area contributed by atoms with Crippen molar-refractivity contribution in [1.29, 1.82) is 0 Å². The van der Waals surface area contributed by atoms with E-state index in [-0.39, 0.29) is 5.97 Å². The Morgan fingerprint density at radius 3 is 2.56 bits per heavy atom. The molecule has 0 heterocycles. The van der Waals surface area contributed by atoms with Gasteiger partial charge >= 0.3 is 5.97 Å². The third-order valence-electron chi connectivity index (χ3n) is 4.78. The van der Waals surface area contributed by atoms with E-state index in [4.69, 9.17) is 4.74 Å². The molecule has 134 valence electrons. The lowest BCUT2D eigenvalue weighted by Crippen LogP contribution is -2.08. The number of carbonyl (C=O) groups is 1. The highest BCUT2D eigenvalue weighted by Gasteiger charge is 2.16. The molecule has 0 fully saturated rings. The van der Waals surface area contributed by atoms with Gasteiger partial charge in [0.25, 0.3) is 0 Å². The number of hydrogen-bond acceptors (Lipinski definition) is 2. The van der Waals surface area contributed by atoms with E-state index < -0.39 is 0 Å². The third kappa shape index (κ3) is 5.74. The highest BCUT2D eigenvalue weighted by molar-refractivity contribution is 5.89. The minimum atomic E-state index is -0.228. The summed E-state index contributed by atoms with van der Waals surface area (Å²) < 4.78 is 5.03. The van der Waals surface area contributed by atoms with Gasteiger partial charge in [0.05, 0.1) is 12.2 Å². The van der Waals surface area contributed by atoms with E-state index in [2.05, 4.69) is 39.0 Å². The van der Waals surface area contributed by atoms with E-state index in [1.807, 2.05) is 18.2 Å². The largest absolute Gasteiger partial charge is 0.462 e. The zero-order chi connectivity index (χ0) is 18.1. The van der Waals surface area contributed by atoms with Crippen LogP contribution in [0.25, 0.3) is 0 Å². The van der Waals surface area contributed by atoms with Crippen molar-refractivity contribution in [2.45, 2.75) is 58.8 Å². The first-order valence-corrected chi connectivity index (χ1v) is 9.44. The molecule has 3 rings (SSSR count). The van der Waals surface area contributed by atoms with Gasteiger partial charge in [-0.2, -0.15) is 0 Å². The van der Waals surface area contributed by atoms with Crippen LogP contribution in [0.3, 0.4) is 0 Å². The van der Waals surface area contributed by atoms with Crippen molar-refractivity contribution in [1.82, 2.24) is 0 Å². The smallest absolute Gasteiger partial charge is 0.338 e. The highest BCUT2D eigenvalue weighted by atomic mass is 16.5. The van der Waals surface area contributed by atoms with E-state index in [0.29, 0.717) is 12.2 Å². The number of rotatable bonds is 4. The molecular weight excluding hydrogens is 308 g/mol. The van der Waals surface area contributed by atoms with Crippen molar-refractivity contribution in [3.05, 3.63) is 70.8 Å². The van der Waals surface area contributed by atoms with Crippen LogP contribution in [-0.2, 0) is 11.2 Å². The second-order valence-electron chi connectivity index (χ2n) is 6.79. The Morgan fingerprint density at radius 2 is 1.88 bits per heavy atom. The van der Waals surface area contributed by atoms with Gasteiger partial charge in [-0.3, -0.25) is 0 Å². The van der Waals surface area contributed by atoms with Crippen molar-refractivity contribution >= 4 is 5.97 Å². The minimum Gasteiger partial charge on any atom is -0.462 e. The van der Waals surface area contributed by atoms with Gasteiger partial charge in [-0.05, 0) is 67.3 Å². The van der Waals surface area contributed by atoms with Crippen LogP contribution in [0.4, 0.5) is 0 Å². The zero-order valence-corrected chi connectivity index (χ0v) is 15.8. The van der Waals surface area contributed by atoms with E-state index in [1.54, 1.807) is 23.3 Å². The lowest BCUT2D eigenvalue weighted by atomic mass is 9.82. The summed E-state index contributed by atoms with van der Waals surface area (Å²) in [5.41, 5.74) is 5.33. The third-order valence-corrected chi connectivity index (χ3v) is 4.78. The van der Waals surface area contributed by atoms with Crippen LogP contribution >= 0.6 is 0 Å². The van der Waals surface area contributed by atoms with E-state index >= 15 is 0 Å². The van der Waals surface area contributed by atoms with Gasteiger partial charge < -0.3 is 4.74 Å². The van der Waals surface area contributed by atoms with E-state index in [1.165, 1.54) is 24.8 Å². The van der Waals surface area contributed by atoms with Crippen LogP contribution in [0, 0.1) is 6.92 Å². The van der Waals surface area contributed by atoms with Gasteiger partial charge in [-0.1, -0.05) is 56.7 Å². The predicted octanol–water partition coefficient (Wildman–Crippen LogP) is 6.08. The van der Waals surface area contributed by atoms with Crippen LogP contribution in [0.15, 0.2) is 48.5 Å².